The minimum Gasteiger partial charge on any atom is -0.268 e. The Morgan fingerprint density at radius 1 is 0.750 bits per heavy atom. The van der Waals surface area contributed by atoms with E-state index >= 15 is 0 Å². The molecule has 116 valence electrons. The average Bonchev–Trinajstić information content (AvgIpc) is 2.87. The molecule has 1 aromatic heterocycles. The molecule has 0 spiro atoms. The maximum absolute atomic E-state index is 12.5. The van der Waals surface area contributed by atoms with Crippen molar-refractivity contribution in [2.24, 2.45) is 0 Å². The molecule has 24 heavy (non-hydrogen) atoms. The van der Waals surface area contributed by atoms with Crippen LogP contribution < -0.4 is 10.5 Å². The molecular formula is C18H11N3O3. The lowest BCUT2D eigenvalue weighted by molar-refractivity contribution is 0.0926. The number of fused-ring (bicyclic) bond motifs is 1. The van der Waals surface area contributed by atoms with Gasteiger partial charge in [0.1, 0.15) is 0 Å². The van der Waals surface area contributed by atoms with Crippen LogP contribution in [0.5, 0.6) is 0 Å². The quantitative estimate of drug-likeness (QED) is 0.735. The van der Waals surface area contributed by atoms with Crippen LogP contribution in [0.15, 0.2) is 65.5 Å². The molecule has 0 saturated carbocycles. The second kappa shape index (κ2) is 5.27. The van der Waals surface area contributed by atoms with Crippen LogP contribution in [0.3, 0.4) is 0 Å². The van der Waals surface area contributed by atoms with Crippen LogP contribution in [0.25, 0.3) is 11.3 Å². The zero-order chi connectivity index (χ0) is 16.7. The van der Waals surface area contributed by atoms with Gasteiger partial charge in [-0.15, -0.1) is 0 Å². The van der Waals surface area contributed by atoms with Crippen LogP contribution >= 0.6 is 0 Å². The van der Waals surface area contributed by atoms with Gasteiger partial charge in [-0.3, -0.25) is 14.4 Å². The number of H-pyrrole nitrogens is 1. The summed E-state index contributed by atoms with van der Waals surface area (Å²) >= 11 is 0. The molecule has 0 fully saturated rings. The lowest BCUT2D eigenvalue weighted by Crippen LogP contribution is -2.29. The first-order valence-electron chi connectivity index (χ1n) is 7.29. The van der Waals surface area contributed by atoms with Gasteiger partial charge in [0.15, 0.2) is 0 Å². The van der Waals surface area contributed by atoms with Crippen LogP contribution in [-0.2, 0) is 0 Å². The third kappa shape index (κ3) is 2.13. The van der Waals surface area contributed by atoms with Gasteiger partial charge in [0, 0.05) is 11.6 Å². The Labute approximate surface area is 136 Å². The molecule has 0 aliphatic carbocycles. The molecular weight excluding hydrogens is 306 g/mol. The van der Waals surface area contributed by atoms with Crippen molar-refractivity contribution in [2.75, 3.05) is 4.90 Å². The van der Waals surface area contributed by atoms with Crippen molar-refractivity contribution in [3.8, 4) is 11.3 Å². The number of nitrogens with zero attached hydrogens (tertiary/aromatic N) is 2. The Bertz CT molecular complexity index is 967. The fraction of sp³-hybridized carbons (Fsp3) is 0. The van der Waals surface area contributed by atoms with Gasteiger partial charge in [0.05, 0.1) is 22.5 Å². The molecule has 6 heteroatoms. The van der Waals surface area contributed by atoms with E-state index in [4.69, 9.17) is 0 Å². The first-order valence-corrected chi connectivity index (χ1v) is 7.29. The minimum absolute atomic E-state index is 0.276. The first kappa shape index (κ1) is 14.1. The van der Waals surface area contributed by atoms with Crippen molar-refractivity contribution >= 4 is 17.5 Å². The molecule has 0 saturated heterocycles. The predicted octanol–water partition coefficient (Wildman–Crippen LogP) is 2.24. The number of imide groups is 1. The summed E-state index contributed by atoms with van der Waals surface area (Å²) in [6, 6.07) is 16.6. The molecule has 1 aliphatic rings. The van der Waals surface area contributed by atoms with Gasteiger partial charge in [0.25, 0.3) is 17.4 Å². The standard InChI is InChI=1S/C18H11N3O3/c22-16-10-9-15(19-20-16)11-5-7-12(8-6-11)21-17(23)13-3-1-2-4-14(13)18(21)24/h1-10H,(H,20,22). The van der Waals surface area contributed by atoms with E-state index in [-0.39, 0.29) is 17.4 Å². The predicted molar refractivity (Wildman–Crippen MR) is 87.9 cm³/mol. The van der Waals surface area contributed by atoms with Crippen molar-refractivity contribution in [2.45, 2.75) is 0 Å². The SMILES string of the molecule is O=C1c2ccccc2C(=O)N1c1ccc(-c2ccc(=O)[nH]n2)cc1. The van der Waals surface area contributed by atoms with Crippen molar-refractivity contribution in [3.63, 3.8) is 0 Å². The first-order chi connectivity index (χ1) is 11.6. The highest BCUT2D eigenvalue weighted by molar-refractivity contribution is 6.34. The molecule has 2 heterocycles. The number of rotatable bonds is 2. The molecule has 1 N–H and O–H groups in total. The normalized spacial score (nSPS) is 13.2. The summed E-state index contributed by atoms with van der Waals surface area (Å²) in [7, 11) is 0. The maximum Gasteiger partial charge on any atom is 0.266 e. The van der Waals surface area contributed by atoms with E-state index in [1.54, 1.807) is 54.6 Å². The summed E-state index contributed by atoms with van der Waals surface area (Å²) in [4.78, 5) is 37.1. The number of benzene rings is 2. The highest BCUT2D eigenvalue weighted by atomic mass is 16.2. The second-order valence-electron chi connectivity index (χ2n) is 5.34. The van der Waals surface area contributed by atoms with Gasteiger partial charge in [-0.2, -0.15) is 5.10 Å². The number of nitrogens with one attached hydrogen (secondary N) is 1. The molecule has 0 radical (unpaired) electrons. The lowest BCUT2D eigenvalue weighted by atomic mass is 10.1. The van der Waals surface area contributed by atoms with E-state index in [9.17, 15) is 14.4 Å². The van der Waals surface area contributed by atoms with Crippen molar-refractivity contribution in [1.29, 1.82) is 0 Å². The average molecular weight is 317 g/mol. The van der Waals surface area contributed by atoms with E-state index < -0.39 is 0 Å². The van der Waals surface area contributed by atoms with Crippen LogP contribution in [0.2, 0.25) is 0 Å². The van der Waals surface area contributed by atoms with Crippen molar-refractivity contribution in [1.82, 2.24) is 10.2 Å². The number of hydrogen-bond donors (Lipinski definition) is 1. The van der Waals surface area contributed by atoms with Gasteiger partial charge in [0.2, 0.25) is 0 Å². The van der Waals surface area contributed by atoms with Gasteiger partial charge in [-0.05, 0) is 30.3 Å². The van der Waals surface area contributed by atoms with Crippen LogP contribution in [0.4, 0.5) is 5.69 Å². The van der Waals surface area contributed by atoms with Gasteiger partial charge >= 0.3 is 0 Å². The Morgan fingerprint density at radius 3 is 1.92 bits per heavy atom. The summed E-state index contributed by atoms with van der Waals surface area (Å²) in [5.41, 5.74) is 2.41. The van der Waals surface area contributed by atoms with Crippen LogP contribution in [0, 0.1) is 0 Å². The van der Waals surface area contributed by atoms with E-state index in [2.05, 4.69) is 10.2 Å². The lowest BCUT2D eigenvalue weighted by Gasteiger charge is -2.14. The molecule has 0 unspecified atom stereocenters. The Kier molecular flexibility index (Phi) is 3.09. The van der Waals surface area contributed by atoms with Gasteiger partial charge < -0.3 is 0 Å². The number of hydrogen-bond acceptors (Lipinski definition) is 4. The highest BCUT2D eigenvalue weighted by Gasteiger charge is 2.36. The molecule has 6 nitrogen and oxygen atoms in total. The molecule has 2 aromatic carbocycles. The minimum atomic E-state index is -0.328. The molecule has 1 aliphatic heterocycles. The van der Waals surface area contributed by atoms with Gasteiger partial charge in [-0.1, -0.05) is 24.3 Å². The zero-order valence-corrected chi connectivity index (χ0v) is 12.4. The summed E-state index contributed by atoms with van der Waals surface area (Å²) in [5.74, 6) is -0.656. The van der Waals surface area contributed by atoms with Crippen molar-refractivity contribution in [3.05, 3.63) is 82.1 Å². The third-order valence-corrected chi connectivity index (χ3v) is 3.89. The summed E-state index contributed by atoms with van der Waals surface area (Å²) in [6.07, 6.45) is 0. The van der Waals surface area contributed by atoms with E-state index in [1.165, 1.54) is 6.07 Å². The fourth-order valence-electron chi connectivity index (χ4n) is 2.71. The smallest absolute Gasteiger partial charge is 0.266 e. The largest absolute Gasteiger partial charge is 0.268 e. The number of anilines is 1. The Hall–Kier alpha value is -3.54. The highest BCUT2D eigenvalue weighted by Crippen LogP contribution is 2.29. The molecule has 3 aromatic rings. The summed E-state index contributed by atoms with van der Waals surface area (Å²) in [5, 5.41) is 6.32. The summed E-state index contributed by atoms with van der Waals surface area (Å²) in [6.45, 7) is 0. The van der Waals surface area contributed by atoms with E-state index in [0.29, 0.717) is 22.5 Å². The number of aromatic nitrogens is 2. The van der Waals surface area contributed by atoms with Crippen LogP contribution in [-0.4, -0.2) is 22.0 Å². The fourth-order valence-corrected chi connectivity index (χ4v) is 2.71. The van der Waals surface area contributed by atoms with E-state index in [0.717, 1.165) is 10.5 Å². The topological polar surface area (TPSA) is 83.1 Å². The number of aromatic amines is 1. The molecule has 0 bridgehead atoms. The Balaban J connectivity index is 1.69. The number of carbonyl (C=O) groups excluding carboxylic acids is 2. The molecule has 2 amide bonds. The maximum atomic E-state index is 12.5. The molecule has 4 rings (SSSR count). The summed E-state index contributed by atoms with van der Waals surface area (Å²) < 4.78 is 0. The number of carbonyl (C=O) groups is 2. The monoisotopic (exact) mass is 317 g/mol. The second-order valence-corrected chi connectivity index (χ2v) is 5.34. The Morgan fingerprint density at radius 2 is 1.38 bits per heavy atom. The van der Waals surface area contributed by atoms with Crippen molar-refractivity contribution < 1.29 is 9.59 Å². The van der Waals surface area contributed by atoms with Crippen LogP contribution in [0.1, 0.15) is 20.7 Å². The van der Waals surface area contributed by atoms with Gasteiger partial charge in [-0.25, -0.2) is 10.00 Å². The third-order valence-electron chi connectivity index (χ3n) is 3.89. The number of amides is 2. The zero-order valence-electron chi connectivity index (χ0n) is 12.4. The molecule has 0 atom stereocenters. The van der Waals surface area contributed by atoms with E-state index in [1.807, 2.05) is 0 Å².